The van der Waals surface area contributed by atoms with E-state index in [4.69, 9.17) is 4.74 Å². The van der Waals surface area contributed by atoms with E-state index in [9.17, 15) is 4.39 Å². The second kappa shape index (κ2) is 12.5. The summed E-state index contributed by atoms with van der Waals surface area (Å²) in [6, 6.07) is 5.07. The van der Waals surface area contributed by atoms with Crippen molar-refractivity contribution >= 4 is 29.9 Å². The molecule has 0 fully saturated rings. The second-order valence-electron chi connectivity index (χ2n) is 5.75. The van der Waals surface area contributed by atoms with Crippen LogP contribution in [0.3, 0.4) is 0 Å². The zero-order valence-corrected chi connectivity index (χ0v) is 16.8. The molecule has 23 heavy (non-hydrogen) atoms. The molecule has 0 heterocycles. The van der Waals surface area contributed by atoms with Crippen LogP contribution in [-0.2, 0) is 17.9 Å². The van der Waals surface area contributed by atoms with E-state index in [1.165, 1.54) is 12.5 Å². The highest BCUT2D eigenvalue weighted by Gasteiger charge is 2.04. The Morgan fingerprint density at radius 3 is 2.65 bits per heavy atom. The van der Waals surface area contributed by atoms with E-state index in [-0.39, 0.29) is 36.4 Å². The van der Waals surface area contributed by atoms with Crippen molar-refractivity contribution in [1.29, 1.82) is 0 Å². The van der Waals surface area contributed by atoms with Gasteiger partial charge in [-0.3, -0.25) is 4.99 Å². The summed E-state index contributed by atoms with van der Waals surface area (Å²) in [4.78, 5) is 4.19. The molecule has 0 unspecified atom stereocenters. The van der Waals surface area contributed by atoms with E-state index in [1.807, 2.05) is 6.07 Å². The van der Waals surface area contributed by atoms with Gasteiger partial charge in [-0.25, -0.2) is 4.39 Å². The van der Waals surface area contributed by atoms with Gasteiger partial charge in [0.05, 0.1) is 6.61 Å². The Hall–Kier alpha value is -0.890. The third-order valence-electron chi connectivity index (χ3n) is 3.34. The maximum absolute atomic E-state index is 13.6. The monoisotopic (exact) mass is 437 g/mol. The molecule has 0 spiro atoms. The van der Waals surface area contributed by atoms with Crippen molar-refractivity contribution in [2.24, 2.45) is 10.9 Å². The number of ether oxygens (including phenoxy) is 1. The average Bonchev–Trinajstić information content (AvgIpc) is 2.49. The van der Waals surface area contributed by atoms with E-state index >= 15 is 0 Å². The molecule has 2 N–H and O–H groups in total. The largest absolute Gasteiger partial charge is 0.380 e. The van der Waals surface area contributed by atoms with Crippen LogP contribution in [0.15, 0.2) is 23.2 Å². The van der Waals surface area contributed by atoms with Gasteiger partial charge in [-0.15, -0.1) is 24.0 Å². The van der Waals surface area contributed by atoms with Gasteiger partial charge >= 0.3 is 0 Å². The minimum atomic E-state index is -0.234. The summed E-state index contributed by atoms with van der Waals surface area (Å²) in [5.74, 6) is 1.25. The Balaban J connectivity index is 0.00000484. The van der Waals surface area contributed by atoms with Crippen molar-refractivity contribution in [2.45, 2.75) is 39.8 Å². The lowest BCUT2D eigenvalue weighted by atomic mass is 10.1. The van der Waals surface area contributed by atoms with Crippen molar-refractivity contribution in [1.82, 2.24) is 10.6 Å². The maximum Gasteiger partial charge on any atom is 0.191 e. The van der Waals surface area contributed by atoms with Crippen molar-refractivity contribution in [3.8, 4) is 0 Å². The zero-order valence-electron chi connectivity index (χ0n) is 14.5. The first-order chi connectivity index (χ1) is 10.6. The van der Waals surface area contributed by atoms with Crippen molar-refractivity contribution < 1.29 is 9.13 Å². The first-order valence-corrected chi connectivity index (χ1v) is 7.77. The van der Waals surface area contributed by atoms with E-state index in [2.05, 4.69) is 29.5 Å². The molecule has 0 aliphatic heterocycles. The molecule has 1 aromatic carbocycles. The third kappa shape index (κ3) is 9.10. The number of benzene rings is 1. The van der Waals surface area contributed by atoms with Crippen LogP contribution in [0, 0.1) is 11.7 Å². The Morgan fingerprint density at radius 2 is 2.04 bits per heavy atom. The summed E-state index contributed by atoms with van der Waals surface area (Å²) in [7, 11) is 3.31. The molecule has 0 saturated carbocycles. The fraction of sp³-hybridized carbons (Fsp3) is 0.588. The fourth-order valence-corrected chi connectivity index (χ4v) is 2.13. The summed E-state index contributed by atoms with van der Waals surface area (Å²) < 4.78 is 18.6. The topological polar surface area (TPSA) is 45.7 Å². The van der Waals surface area contributed by atoms with Gasteiger partial charge in [-0.05, 0) is 36.5 Å². The van der Waals surface area contributed by atoms with Crippen molar-refractivity contribution in [3.05, 3.63) is 35.1 Å². The van der Waals surface area contributed by atoms with E-state index in [0.717, 1.165) is 30.4 Å². The highest BCUT2D eigenvalue weighted by atomic mass is 127. The van der Waals surface area contributed by atoms with Crippen LogP contribution in [0.1, 0.15) is 37.8 Å². The lowest BCUT2D eigenvalue weighted by molar-refractivity contribution is 0.181. The van der Waals surface area contributed by atoms with Crippen LogP contribution in [0.25, 0.3) is 0 Å². The second-order valence-corrected chi connectivity index (χ2v) is 5.75. The summed E-state index contributed by atoms with van der Waals surface area (Å²) >= 11 is 0. The average molecular weight is 437 g/mol. The lowest BCUT2D eigenvalue weighted by Crippen LogP contribution is -2.37. The first kappa shape index (κ1) is 22.1. The number of hydrogen-bond acceptors (Lipinski definition) is 2. The summed E-state index contributed by atoms with van der Waals surface area (Å²) in [6.45, 7) is 6.22. The van der Waals surface area contributed by atoms with Gasteiger partial charge in [0.1, 0.15) is 5.82 Å². The molecule has 0 aromatic heterocycles. The zero-order chi connectivity index (χ0) is 16.4. The third-order valence-corrected chi connectivity index (χ3v) is 3.34. The maximum atomic E-state index is 13.6. The van der Waals surface area contributed by atoms with Gasteiger partial charge in [0.2, 0.25) is 0 Å². The first-order valence-electron chi connectivity index (χ1n) is 7.77. The van der Waals surface area contributed by atoms with Gasteiger partial charge in [-0.1, -0.05) is 19.9 Å². The number of nitrogens with one attached hydrogen (secondary N) is 2. The van der Waals surface area contributed by atoms with E-state index < -0.39 is 0 Å². The molecule has 0 bridgehead atoms. The van der Waals surface area contributed by atoms with Crippen LogP contribution in [-0.4, -0.2) is 26.7 Å². The Labute approximate surface area is 156 Å². The minimum absolute atomic E-state index is 0. The number of aliphatic imine (C=N–C) groups is 1. The highest BCUT2D eigenvalue weighted by Crippen LogP contribution is 2.11. The molecule has 0 aliphatic rings. The van der Waals surface area contributed by atoms with Gasteiger partial charge < -0.3 is 15.4 Å². The molecule has 4 nitrogen and oxygen atoms in total. The number of nitrogens with zero attached hydrogens (tertiary/aromatic N) is 1. The molecule has 1 aromatic rings. The van der Waals surface area contributed by atoms with Gasteiger partial charge in [0.25, 0.3) is 0 Å². The van der Waals surface area contributed by atoms with Crippen LogP contribution < -0.4 is 10.6 Å². The van der Waals surface area contributed by atoms with Gasteiger partial charge in [0, 0.05) is 32.8 Å². The van der Waals surface area contributed by atoms with Crippen LogP contribution in [0.4, 0.5) is 4.39 Å². The number of methoxy groups -OCH3 is 1. The lowest BCUT2D eigenvalue weighted by Gasteiger charge is -2.13. The Bertz CT molecular complexity index is 481. The van der Waals surface area contributed by atoms with E-state index in [1.54, 1.807) is 20.2 Å². The molecule has 0 atom stereocenters. The highest BCUT2D eigenvalue weighted by molar-refractivity contribution is 14.0. The van der Waals surface area contributed by atoms with Crippen LogP contribution in [0.2, 0.25) is 0 Å². The summed E-state index contributed by atoms with van der Waals surface area (Å²) in [6.07, 6.45) is 2.31. The molecule has 6 heteroatoms. The van der Waals surface area contributed by atoms with Crippen molar-refractivity contribution in [2.75, 3.05) is 20.7 Å². The quantitative estimate of drug-likeness (QED) is 0.282. The normalized spacial score (nSPS) is 11.3. The van der Waals surface area contributed by atoms with E-state index in [0.29, 0.717) is 12.1 Å². The molecular weight excluding hydrogens is 408 g/mol. The molecule has 132 valence electrons. The molecule has 0 aliphatic carbocycles. The molecule has 0 radical (unpaired) electrons. The van der Waals surface area contributed by atoms with Gasteiger partial charge in [0.15, 0.2) is 5.96 Å². The molecule has 0 saturated heterocycles. The standard InChI is InChI=1S/C17H28FN3O.HI/c1-13(2)6-5-9-20-17(19-3)21-11-14-7-8-16(18)15(10-14)12-22-4;/h7-8,10,13H,5-6,9,11-12H2,1-4H3,(H2,19,20,21);1H. The smallest absolute Gasteiger partial charge is 0.191 e. The van der Waals surface area contributed by atoms with Gasteiger partial charge in [-0.2, -0.15) is 0 Å². The molecule has 1 rings (SSSR count). The SMILES string of the molecule is CN=C(NCCCC(C)C)NCc1ccc(F)c(COC)c1.I. The minimum Gasteiger partial charge on any atom is -0.380 e. The van der Waals surface area contributed by atoms with Crippen molar-refractivity contribution in [3.63, 3.8) is 0 Å². The number of halogens is 2. The fourth-order valence-electron chi connectivity index (χ4n) is 2.13. The number of rotatable bonds is 8. The molecule has 0 amide bonds. The Kier molecular flexibility index (Phi) is 12.0. The molecular formula is C17H29FIN3O. The predicted octanol–water partition coefficient (Wildman–Crippen LogP) is 3.69. The predicted molar refractivity (Wildman–Crippen MR) is 105 cm³/mol. The Morgan fingerprint density at radius 1 is 1.30 bits per heavy atom. The summed E-state index contributed by atoms with van der Waals surface area (Å²) in [5.41, 5.74) is 1.57. The van der Waals surface area contributed by atoms with Crippen LogP contribution >= 0.6 is 24.0 Å². The number of guanidine groups is 1. The number of hydrogen-bond donors (Lipinski definition) is 2. The van der Waals surface area contributed by atoms with Crippen LogP contribution in [0.5, 0.6) is 0 Å². The summed E-state index contributed by atoms with van der Waals surface area (Å²) in [5, 5.41) is 6.52.